The van der Waals surface area contributed by atoms with Crippen molar-refractivity contribution in [3.8, 4) is 5.88 Å². The third kappa shape index (κ3) is 3.29. The molecule has 2 aliphatic heterocycles. The number of methoxy groups -OCH3 is 1. The molecule has 0 bridgehead atoms. The molecule has 0 spiro atoms. The fourth-order valence-electron chi connectivity index (χ4n) is 2.90. The normalized spacial score (nSPS) is 19.4. The van der Waals surface area contributed by atoms with Gasteiger partial charge in [-0.05, 0) is 13.1 Å². The zero-order valence-electron chi connectivity index (χ0n) is 13.6. The Morgan fingerprint density at radius 3 is 2.39 bits per heavy atom. The summed E-state index contributed by atoms with van der Waals surface area (Å²) in [6.07, 6.45) is 1.51. The van der Waals surface area contributed by atoms with Gasteiger partial charge in [-0.25, -0.2) is 4.98 Å². The second-order valence-electron chi connectivity index (χ2n) is 6.12. The largest absolute Gasteiger partial charge is 0.481 e. The highest BCUT2D eigenvalue weighted by molar-refractivity contribution is 5.95. The van der Waals surface area contributed by atoms with Crippen LogP contribution in [0.15, 0.2) is 18.3 Å². The van der Waals surface area contributed by atoms with Crippen molar-refractivity contribution in [2.45, 2.75) is 0 Å². The quantitative estimate of drug-likeness (QED) is 0.781. The highest BCUT2D eigenvalue weighted by atomic mass is 16.5. The van der Waals surface area contributed by atoms with E-state index in [9.17, 15) is 9.59 Å². The third-order valence-corrected chi connectivity index (χ3v) is 4.53. The Bertz CT molecular complexity index is 575. The van der Waals surface area contributed by atoms with Crippen molar-refractivity contribution in [1.29, 1.82) is 0 Å². The van der Waals surface area contributed by atoms with Gasteiger partial charge in [-0.2, -0.15) is 0 Å². The topological polar surface area (TPSA) is 66.0 Å². The first-order valence-corrected chi connectivity index (χ1v) is 7.85. The number of carbonyl (C=O) groups excluding carboxylic acids is 2. The van der Waals surface area contributed by atoms with Gasteiger partial charge in [-0.15, -0.1) is 0 Å². The summed E-state index contributed by atoms with van der Waals surface area (Å²) in [5.41, 5.74) is 0.524. The summed E-state index contributed by atoms with van der Waals surface area (Å²) in [4.78, 5) is 34.6. The van der Waals surface area contributed by atoms with E-state index in [2.05, 4.69) is 16.9 Å². The van der Waals surface area contributed by atoms with E-state index < -0.39 is 0 Å². The van der Waals surface area contributed by atoms with Crippen molar-refractivity contribution in [2.75, 3.05) is 53.4 Å². The summed E-state index contributed by atoms with van der Waals surface area (Å²) in [6, 6.07) is 3.36. The maximum atomic E-state index is 12.4. The molecule has 3 rings (SSSR count). The summed E-state index contributed by atoms with van der Waals surface area (Å²) in [7, 11) is 3.60. The number of amides is 2. The predicted molar refractivity (Wildman–Crippen MR) is 84.3 cm³/mol. The number of likely N-dealkylation sites (tertiary alicyclic amines) is 1. The lowest BCUT2D eigenvalue weighted by Gasteiger charge is -2.42. The molecule has 1 aromatic rings. The number of hydrogen-bond donors (Lipinski definition) is 0. The molecule has 0 atom stereocenters. The summed E-state index contributed by atoms with van der Waals surface area (Å²) in [5, 5.41) is 0. The summed E-state index contributed by atoms with van der Waals surface area (Å²) >= 11 is 0. The van der Waals surface area contributed by atoms with Crippen LogP contribution in [0.25, 0.3) is 0 Å². The first-order valence-electron chi connectivity index (χ1n) is 7.85. The second kappa shape index (κ2) is 6.54. The Morgan fingerprint density at radius 2 is 1.83 bits per heavy atom. The van der Waals surface area contributed by atoms with Gasteiger partial charge < -0.3 is 19.4 Å². The minimum absolute atomic E-state index is 0.0615. The van der Waals surface area contributed by atoms with Crippen molar-refractivity contribution in [3.05, 3.63) is 23.9 Å². The highest BCUT2D eigenvalue weighted by Crippen LogP contribution is 2.21. The van der Waals surface area contributed by atoms with Crippen LogP contribution in [0.3, 0.4) is 0 Å². The lowest BCUT2D eigenvalue weighted by molar-refractivity contribution is -0.141. The molecule has 0 unspecified atom stereocenters. The molecule has 0 aliphatic carbocycles. The lowest BCUT2D eigenvalue weighted by atomic mass is 9.97. The van der Waals surface area contributed by atoms with Gasteiger partial charge in [0, 0.05) is 51.5 Å². The van der Waals surface area contributed by atoms with Gasteiger partial charge in [-0.1, -0.05) is 0 Å². The van der Waals surface area contributed by atoms with Gasteiger partial charge in [-0.3, -0.25) is 9.59 Å². The second-order valence-corrected chi connectivity index (χ2v) is 6.12. The maximum absolute atomic E-state index is 12.4. The molecule has 2 saturated heterocycles. The molecule has 0 saturated carbocycles. The number of hydrogen-bond acceptors (Lipinski definition) is 5. The zero-order chi connectivity index (χ0) is 16.4. The van der Waals surface area contributed by atoms with Crippen LogP contribution in [0.4, 0.5) is 0 Å². The Labute approximate surface area is 135 Å². The number of rotatable bonds is 3. The third-order valence-electron chi connectivity index (χ3n) is 4.53. The predicted octanol–water partition coefficient (Wildman–Crippen LogP) is -0.0638. The van der Waals surface area contributed by atoms with Gasteiger partial charge in [0.25, 0.3) is 5.91 Å². The van der Waals surface area contributed by atoms with E-state index in [0.29, 0.717) is 24.5 Å². The minimum Gasteiger partial charge on any atom is -0.481 e. The van der Waals surface area contributed by atoms with Gasteiger partial charge >= 0.3 is 0 Å². The Hall–Kier alpha value is -2.15. The van der Waals surface area contributed by atoms with Gasteiger partial charge in [0.05, 0.1) is 18.6 Å². The molecule has 0 aromatic carbocycles. The number of aromatic nitrogens is 1. The van der Waals surface area contributed by atoms with Crippen LogP contribution >= 0.6 is 0 Å². The molecule has 23 heavy (non-hydrogen) atoms. The number of nitrogens with zero attached hydrogens (tertiary/aromatic N) is 4. The van der Waals surface area contributed by atoms with Crippen LogP contribution in [-0.4, -0.2) is 84.9 Å². The molecule has 124 valence electrons. The van der Waals surface area contributed by atoms with Gasteiger partial charge in [0.2, 0.25) is 11.8 Å². The minimum atomic E-state index is -0.0809. The van der Waals surface area contributed by atoms with Gasteiger partial charge in [0.1, 0.15) is 0 Å². The standard InChI is InChI=1S/C16H22N4O3/c1-18-5-7-19(8-6-18)16(22)13-10-20(11-13)15(21)12-3-4-14(23-2)17-9-12/h3-4,9,13H,5-8,10-11H2,1-2H3. The van der Waals surface area contributed by atoms with E-state index in [1.807, 2.05) is 4.90 Å². The van der Waals surface area contributed by atoms with Crippen molar-refractivity contribution >= 4 is 11.8 Å². The van der Waals surface area contributed by atoms with Crippen LogP contribution in [0, 0.1) is 5.92 Å². The Balaban J connectivity index is 1.51. The highest BCUT2D eigenvalue weighted by Gasteiger charge is 2.38. The van der Waals surface area contributed by atoms with Crippen LogP contribution in [0.1, 0.15) is 10.4 Å². The summed E-state index contributed by atoms with van der Waals surface area (Å²) in [5.74, 6) is 0.513. The lowest BCUT2D eigenvalue weighted by Crippen LogP contribution is -2.58. The Kier molecular flexibility index (Phi) is 4.47. The maximum Gasteiger partial charge on any atom is 0.255 e. The average Bonchev–Trinajstić information content (AvgIpc) is 2.54. The average molecular weight is 318 g/mol. The first-order chi connectivity index (χ1) is 11.1. The zero-order valence-corrected chi connectivity index (χ0v) is 13.6. The van der Waals surface area contributed by atoms with Crippen LogP contribution in [-0.2, 0) is 4.79 Å². The van der Waals surface area contributed by atoms with E-state index in [1.165, 1.54) is 13.3 Å². The molecule has 7 nitrogen and oxygen atoms in total. The monoisotopic (exact) mass is 318 g/mol. The number of carbonyl (C=O) groups is 2. The molecule has 3 heterocycles. The van der Waals surface area contributed by atoms with Crippen molar-refractivity contribution < 1.29 is 14.3 Å². The van der Waals surface area contributed by atoms with Crippen molar-refractivity contribution in [1.82, 2.24) is 19.7 Å². The van der Waals surface area contributed by atoms with Gasteiger partial charge in [0.15, 0.2) is 0 Å². The number of likely N-dealkylation sites (N-methyl/N-ethyl adjacent to an activating group) is 1. The summed E-state index contributed by atoms with van der Waals surface area (Å²) < 4.78 is 4.98. The van der Waals surface area contributed by atoms with E-state index in [0.717, 1.165) is 26.2 Å². The van der Waals surface area contributed by atoms with E-state index in [1.54, 1.807) is 17.0 Å². The Morgan fingerprint density at radius 1 is 1.13 bits per heavy atom. The number of pyridine rings is 1. The molecule has 2 aliphatic rings. The molecule has 2 amide bonds. The fourth-order valence-corrected chi connectivity index (χ4v) is 2.90. The fraction of sp³-hybridized carbons (Fsp3) is 0.562. The van der Waals surface area contributed by atoms with Crippen LogP contribution < -0.4 is 4.74 Å². The smallest absolute Gasteiger partial charge is 0.255 e. The van der Waals surface area contributed by atoms with E-state index in [4.69, 9.17) is 4.74 Å². The molecule has 0 radical (unpaired) electrons. The molecule has 7 heteroatoms. The van der Waals surface area contributed by atoms with Crippen LogP contribution in [0.5, 0.6) is 5.88 Å². The summed E-state index contributed by atoms with van der Waals surface area (Å²) in [6.45, 7) is 4.38. The van der Waals surface area contributed by atoms with Crippen molar-refractivity contribution in [2.24, 2.45) is 5.92 Å². The van der Waals surface area contributed by atoms with E-state index >= 15 is 0 Å². The van der Waals surface area contributed by atoms with Crippen LogP contribution in [0.2, 0.25) is 0 Å². The molecular weight excluding hydrogens is 296 g/mol. The van der Waals surface area contributed by atoms with Crippen molar-refractivity contribution in [3.63, 3.8) is 0 Å². The first kappa shape index (κ1) is 15.7. The van der Waals surface area contributed by atoms with E-state index in [-0.39, 0.29) is 17.7 Å². The number of ether oxygens (including phenoxy) is 1. The molecule has 1 aromatic heterocycles. The SMILES string of the molecule is COc1ccc(C(=O)N2CC(C(=O)N3CCN(C)CC3)C2)cn1. The number of piperazine rings is 1. The molecular formula is C16H22N4O3. The molecule has 0 N–H and O–H groups in total. The molecule has 2 fully saturated rings.